The maximum absolute atomic E-state index is 4.73. The van der Waals surface area contributed by atoms with Gasteiger partial charge in [0.05, 0.1) is 0 Å². The molecule has 0 radical (unpaired) electrons. The zero-order valence-corrected chi connectivity index (χ0v) is 10.6. The molecule has 0 saturated heterocycles. The minimum atomic E-state index is 0. The molecule has 0 aliphatic rings. The first-order valence-electron chi connectivity index (χ1n) is 2.84. The molecule has 0 unspecified atom stereocenters. The number of benzene rings is 1. The number of hydrogen-bond donors (Lipinski definition) is 2. The van der Waals surface area contributed by atoms with Crippen LogP contribution in [0.15, 0.2) is 30.3 Å². The summed E-state index contributed by atoms with van der Waals surface area (Å²) in [4.78, 5) is 0. The molecule has 0 spiro atoms. The fraction of sp³-hybridized carbons (Fsp3) is 0. The van der Waals surface area contributed by atoms with Gasteiger partial charge in [-0.25, -0.2) is 0 Å². The van der Waals surface area contributed by atoms with Gasteiger partial charge in [-0.2, -0.15) is 0 Å². The Labute approximate surface area is 89.7 Å². The zero-order valence-electron chi connectivity index (χ0n) is 5.95. The minimum absolute atomic E-state index is 0. The van der Waals surface area contributed by atoms with Crippen molar-refractivity contribution in [3.05, 3.63) is 30.3 Å². The predicted octanol–water partition coefficient (Wildman–Crippen LogP) is 2.31. The molecule has 0 saturated carbocycles. The second-order valence-electron chi connectivity index (χ2n) is 1.80. The van der Waals surface area contributed by atoms with Crippen molar-refractivity contribution in [1.82, 2.24) is 0 Å². The summed E-state index contributed by atoms with van der Waals surface area (Å²) < 4.78 is 0.492. The third-order valence-corrected chi connectivity index (χ3v) is 1.24. The van der Waals surface area contributed by atoms with Crippen LogP contribution in [-0.4, -0.2) is 4.32 Å². The van der Waals surface area contributed by atoms with E-state index in [1.807, 2.05) is 30.3 Å². The second-order valence-corrected chi connectivity index (χ2v) is 2.95. The van der Waals surface area contributed by atoms with Gasteiger partial charge in [-0.3, -0.25) is 0 Å². The first kappa shape index (κ1) is 11.1. The number of nitrogens with one attached hydrogen (secondary N) is 1. The fourth-order valence-corrected chi connectivity index (χ4v) is 0.892. The van der Waals surface area contributed by atoms with Crippen LogP contribution in [0.25, 0.3) is 0 Å². The van der Waals surface area contributed by atoms with Gasteiger partial charge in [0, 0.05) is 25.2 Å². The molecule has 1 N–H and O–H groups in total. The molecule has 1 aromatic carbocycles. The summed E-state index contributed by atoms with van der Waals surface area (Å²) in [6.07, 6.45) is 0. The minimum Gasteiger partial charge on any atom is -0.341 e. The summed E-state index contributed by atoms with van der Waals surface area (Å²) in [6, 6.07) is 9.69. The fourth-order valence-electron chi connectivity index (χ4n) is 0.645. The van der Waals surface area contributed by atoms with Gasteiger partial charge in [0.1, 0.15) is 4.32 Å². The molecule has 1 aromatic rings. The van der Waals surface area contributed by atoms with Crippen LogP contribution < -0.4 is 5.32 Å². The Hall–Kier alpha value is 0.0834. The van der Waals surface area contributed by atoms with Crippen molar-refractivity contribution in [2.75, 3.05) is 5.32 Å². The van der Waals surface area contributed by atoms with E-state index in [2.05, 4.69) is 17.9 Å². The normalized spacial score (nSPS) is 8.09. The van der Waals surface area contributed by atoms with Gasteiger partial charge in [0.2, 0.25) is 0 Å². The quantitative estimate of drug-likeness (QED) is 0.439. The standard InChI is InChI=1S/C7H7NS2.Zn/c9-7(10)8-6-4-2-1-3-5-6;/h1-5H,(H2,8,9,10);. The smallest absolute Gasteiger partial charge is 0.135 e. The van der Waals surface area contributed by atoms with Crippen LogP contribution in [0.4, 0.5) is 5.69 Å². The van der Waals surface area contributed by atoms with Crippen molar-refractivity contribution in [3.63, 3.8) is 0 Å². The maximum atomic E-state index is 4.73. The van der Waals surface area contributed by atoms with E-state index >= 15 is 0 Å². The average molecular weight is 235 g/mol. The van der Waals surface area contributed by atoms with Crippen LogP contribution in [0.1, 0.15) is 0 Å². The predicted molar refractivity (Wildman–Crippen MR) is 51.6 cm³/mol. The zero-order chi connectivity index (χ0) is 7.40. The summed E-state index contributed by atoms with van der Waals surface area (Å²) in [7, 11) is 0. The summed E-state index contributed by atoms with van der Waals surface area (Å²) in [5.41, 5.74) is 0.975. The van der Waals surface area contributed by atoms with E-state index in [9.17, 15) is 0 Å². The van der Waals surface area contributed by atoms with Crippen LogP contribution >= 0.6 is 24.8 Å². The van der Waals surface area contributed by atoms with Crippen LogP contribution in [0.3, 0.4) is 0 Å². The number of anilines is 1. The number of para-hydroxylation sites is 1. The first-order chi connectivity index (χ1) is 4.79. The van der Waals surface area contributed by atoms with Gasteiger partial charge >= 0.3 is 0 Å². The van der Waals surface area contributed by atoms with Crippen LogP contribution in [0, 0.1) is 0 Å². The Morgan fingerprint density at radius 3 is 2.27 bits per heavy atom. The van der Waals surface area contributed by atoms with Crippen molar-refractivity contribution in [1.29, 1.82) is 0 Å². The van der Waals surface area contributed by atoms with Crippen molar-refractivity contribution in [3.8, 4) is 0 Å². The van der Waals surface area contributed by atoms with E-state index < -0.39 is 0 Å². The second kappa shape index (κ2) is 5.70. The molecule has 0 aliphatic heterocycles. The van der Waals surface area contributed by atoms with E-state index in [4.69, 9.17) is 12.2 Å². The van der Waals surface area contributed by atoms with Crippen LogP contribution in [0.5, 0.6) is 0 Å². The molecule has 0 amide bonds. The number of thiol groups is 1. The molecule has 0 atom stereocenters. The van der Waals surface area contributed by atoms with Gasteiger partial charge in [0.15, 0.2) is 0 Å². The van der Waals surface area contributed by atoms with E-state index in [0.717, 1.165) is 5.69 Å². The topological polar surface area (TPSA) is 12.0 Å². The van der Waals surface area contributed by atoms with Gasteiger partial charge in [-0.15, -0.1) is 12.6 Å². The van der Waals surface area contributed by atoms with Crippen molar-refractivity contribution in [2.24, 2.45) is 0 Å². The van der Waals surface area contributed by atoms with Gasteiger partial charge in [-0.05, 0) is 12.1 Å². The Morgan fingerprint density at radius 1 is 1.27 bits per heavy atom. The Kier molecular flexibility index (Phi) is 5.74. The monoisotopic (exact) mass is 233 g/mol. The molecule has 0 heterocycles. The maximum Gasteiger partial charge on any atom is 0.135 e. The van der Waals surface area contributed by atoms with E-state index in [1.54, 1.807) is 0 Å². The molecular weight excluding hydrogens is 228 g/mol. The first-order valence-corrected chi connectivity index (χ1v) is 3.69. The molecule has 4 heteroatoms. The van der Waals surface area contributed by atoms with Crippen molar-refractivity contribution < 1.29 is 19.5 Å². The molecule has 0 aromatic heterocycles. The number of hydrogen-bond acceptors (Lipinski definition) is 1. The summed E-state index contributed by atoms with van der Waals surface area (Å²) in [6.45, 7) is 0. The average Bonchev–Trinajstić information content (AvgIpc) is 1.88. The van der Waals surface area contributed by atoms with E-state index in [0.29, 0.717) is 4.32 Å². The van der Waals surface area contributed by atoms with Gasteiger partial charge < -0.3 is 5.32 Å². The van der Waals surface area contributed by atoms with Crippen LogP contribution in [-0.2, 0) is 19.5 Å². The molecule has 0 aliphatic carbocycles. The Morgan fingerprint density at radius 2 is 1.82 bits per heavy atom. The van der Waals surface area contributed by atoms with Gasteiger partial charge in [0.25, 0.3) is 0 Å². The Bertz CT molecular complexity index is 225. The summed E-state index contributed by atoms with van der Waals surface area (Å²) in [5, 5.41) is 2.90. The summed E-state index contributed by atoms with van der Waals surface area (Å²) in [5.74, 6) is 0. The molecule has 1 rings (SSSR count). The summed E-state index contributed by atoms with van der Waals surface area (Å²) >= 11 is 8.66. The largest absolute Gasteiger partial charge is 0.341 e. The third-order valence-electron chi connectivity index (χ3n) is 1.03. The molecule has 1 nitrogen and oxygen atoms in total. The number of thiocarbonyl (C=S) groups is 1. The third kappa shape index (κ3) is 4.51. The molecule has 54 valence electrons. The van der Waals surface area contributed by atoms with Crippen molar-refractivity contribution >= 4 is 34.9 Å². The Balaban J connectivity index is 0.000001000. The molecule has 0 fully saturated rings. The van der Waals surface area contributed by atoms with Gasteiger partial charge in [-0.1, -0.05) is 30.4 Å². The SMILES string of the molecule is S=C(S)Nc1ccccc1.[Zn]. The molecule has 11 heavy (non-hydrogen) atoms. The van der Waals surface area contributed by atoms with E-state index in [1.165, 1.54) is 0 Å². The number of rotatable bonds is 1. The van der Waals surface area contributed by atoms with E-state index in [-0.39, 0.29) is 19.5 Å². The van der Waals surface area contributed by atoms with Crippen LogP contribution in [0.2, 0.25) is 0 Å². The van der Waals surface area contributed by atoms with Crippen molar-refractivity contribution in [2.45, 2.75) is 0 Å². The molecule has 0 bridgehead atoms. The molecular formula is C7H7NS2Zn.